The fourth-order valence-corrected chi connectivity index (χ4v) is 2.53. The molecule has 2 rings (SSSR count). The van der Waals surface area contributed by atoms with Crippen LogP contribution in [0.4, 0.5) is 0 Å². The van der Waals surface area contributed by atoms with Gasteiger partial charge in [0.15, 0.2) is 0 Å². The summed E-state index contributed by atoms with van der Waals surface area (Å²) in [5.41, 5.74) is 0. The molecule has 2 aliphatic carbocycles. The van der Waals surface area contributed by atoms with Gasteiger partial charge in [0.1, 0.15) is 5.78 Å². The van der Waals surface area contributed by atoms with Gasteiger partial charge in [-0.15, -0.1) is 0 Å². The molecule has 0 spiro atoms. The summed E-state index contributed by atoms with van der Waals surface area (Å²) in [5.74, 6) is -0.898. The molecule has 0 heterocycles. The zero-order valence-electron chi connectivity index (χ0n) is 6.82. The molecule has 1 N–H and O–H groups in total. The number of hydrogen-bond acceptors (Lipinski definition) is 2. The molecular formula is C9H12O3. The van der Waals surface area contributed by atoms with Crippen molar-refractivity contribution in [2.75, 3.05) is 0 Å². The van der Waals surface area contributed by atoms with Gasteiger partial charge < -0.3 is 5.11 Å². The second-order valence-electron chi connectivity index (χ2n) is 3.81. The highest BCUT2D eigenvalue weighted by Crippen LogP contribution is 2.42. The van der Waals surface area contributed by atoms with Crippen molar-refractivity contribution in [2.24, 2.45) is 17.8 Å². The fourth-order valence-electron chi connectivity index (χ4n) is 2.53. The maximum absolute atomic E-state index is 11.4. The van der Waals surface area contributed by atoms with E-state index >= 15 is 0 Å². The number of carboxylic acids is 1. The molecule has 0 aromatic heterocycles. The normalized spacial score (nSPS) is 40.0. The smallest absolute Gasteiger partial charge is 0.307 e. The van der Waals surface area contributed by atoms with Gasteiger partial charge >= 0.3 is 5.97 Å². The third kappa shape index (κ3) is 0.958. The lowest BCUT2D eigenvalue weighted by atomic mass is 9.79. The van der Waals surface area contributed by atoms with Crippen LogP contribution >= 0.6 is 0 Å². The van der Waals surface area contributed by atoms with E-state index in [0.717, 1.165) is 19.3 Å². The lowest BCUT2D eigenvalue weighted by molar-refractivity contribution is -0.148. The number of carbonyl (C=O) groups is 2. The molecule has 3 heteroatoms. The number of carboxylic acid groups (broad SMARTS) is 1. The number of rotatable bonds is 1. The molecule has 0 radical (unpaired) electrons. The van der Waals surface area contributed by atoms with Crippen molar-refractivity contribution in [2.45, 2.75) is 25.7 Å². The van der Waals surface area contributed by atoms with Gasteiger partial charge in [-0.3, -0.25) is 9.59 Å². The van der Waals surface area contributed by atoms with Crippen molar-refractivity contribution in [3.8, 4) is 0 Å². The Balaban J connectivity index is 2.20. The van der Waals surface area contributed by atoms with Crippen molar-refractivity contribution < 1.29 is 14.7 Å². The first kappa shape index (κ1) is 7.77. The van der Waals surface area contributed by atoms with E-state index in [1.54, 1.807) is 0 Å². The van der Waals surface area contributed by atoms with Crippen molar-refractivity contribution in [1.82, 2.24) is 0 Å². The number of aliphatic carboxylic acids is 1. The molecule has 0 saturated heterocycles. The Hall–Kier alpha value is -0.860. The second kappa shape index (κ2) is 2.57. The van der Waals surface area contributed by atoms with Crippen molar-refractivity contribution >= 4 is 11.8 Å². The zero-order valence-corrected chi connectivity index (χ0v) is 6.82. The standard InChI is InChI=1S/C9H12O3/c10-8-5-1-3-6(8)7(4-2-5)9(11)12/h5-7H,1-4H2,(H,11,12). The Morgan fingerprint density at radius 2 is 1.92 bits per heavy atom. The molecule has 0 aliphatic heterocycles. The van der Waals surface area contributed by atoms with E-state index in [2.05, 4.69) is 0 Å². The quantitative estimate of drug-likeness (QED) is 0.637. The molecule has 2 aliphatic rings. The summed E-state index contributed by atoms with van der Waals surface area (Å²) in [4.78, 5) is 22.2. The minimum absolute atomic E-state index is 0.152. The Morgan fingerprint density at radius 3 is 2.58 bits per heavy atom. The maximum atomic E-state index is 11.4. The van der Waals surface area contributed by atoms with Crippen LogP contribution in [-0.4, -0.2) is 16.9 Å². The third-order valence-corrected chi connectivity index (χ3v) is 3.22. The van der Waals surface area contributed by atoms with E-state index in [-0.39, 0.29) is 23.5 Å². The number of fused-ring (bicyclic) bond motifs is 2. The van der Waals surface area contributed by atoms with Crippen LogP contribution in [0.2, 0.25) is 0 Å². The van der Waals surface area contributed by atoms with Gasteiger partial charge in [0, 0.05) is 11.8 Å². The summed E-state index contributed by atoms with van der Waals surface area (Å²) in [5, 5.41) is 8.82. The Labute approximate surface area is 70.8 Å². The van der Waals surface area contributed by atoms with Crippen LogP contribution in [0.3, 0.4) is 0 Å². The Morgan fingerprint density at radius 1 is 1.25 bits per heavy atom. The van der Waals surface area contributed by atoms with Crippen molar-refractivity contribution in [1.29, 1.82) is 0 Å². The van der Waals surface area contributed by atoms with Crippen LogP contribution in [-0.2, 0) is 9.59 Å². The Bertz CT molecular complexity index is 234. The molecule has 0 aromatic carbocycles. The molecule has 2 fully saturated rings. The lowest BCUT2D eigenvalue weighted by Gasteiger charge is -2.23. The molecule has 2 bridgehead atoms. The van der Waals surface area contributed by atoms with Gasteiger partial charge in [-0.2, -0.15) is 0 Å². The molecule has 12 heavy (non-hydrogen) atoms. The Kier molecular flexibility index (Phi) is 1.67. The molecule has 3 atom stereocenters. The van der Waals surface area contributed by atoms with Crippen LogP contribution in [0, 0.1) is 17.8 Å². The van der Waals surface area contributed by atoms with Crippen molar-refractivity contribution in [3.63, 3.8) is 0 Å². The van der Waals surface area contributed by atoms with Gasteiger partial charge in [-0.1, -0.05) is 0 Å². The monoisotopic (exact) mass is 168 g/mol. The number of ketones is 1. The molecular weight excluding hydrogens is 156 g/mol. The van der Waals surface area contributed by atoms with E-state index in [4.69, 9.17) is 5.11 Å². The van der Waals surface area contributed by atoms with Crippen LogP contribution in [0.15, 0.2) is 0 Å². The van der Waals surface area contributed by atoms with Crippen LogP contribution < -0.4 is 0 Å². The summed E-state index contributed by atoms with van der Waals surface area (Å²) < 4.78 is 0. The third-order valence-electron chi connectivity index (χ3n) is 3.22. The topological polar surface area (TPSA) is 54.4 Å². The average Bonchev–Trinajstić information content (AvgIpc) is 2.32. The van der Waals surface area contributed by atoms with Crippen LogP contribution in [0.5, 0.6) is 0 Å². The van der Waals surface area contributed by atoms with Gasteiger partial charge in [-0.25, -0.2) is 0 Å². The minimum atomic E-state index is -0.784. The molecule has 3 unspecified atom stereocenters. The summed E-state index contributed by atoms with van der Waals surface area (Å²) in [7, 11) is 0. The predicted octanol–water partition coefficient (Wildman–Crippen LogP) is 1.08. The highest BCUT2D eigenvalue weighted by molar-refractivity contribution is 5.90. The zero-order chi connectivity index (χ0) is 8.72. The largest absolute Gasteiger partial charge is 0.481 e. The first-order chi connectivity index (χ1) is 5.70. The van der Waals surface area contributed by atoms with Gasteiger partial charge in [0.25, 0.3) is 0 Å². The number of hydrogen-bond donors (Lipinski definition) is 1. The van der Waals surface area contributed by atoms with Crippen LogP contribution in [0.1, 0.15) is 25.7 Å². The molecule has 0 amide bonds. The van der Waals surface area contributed by atoms with E-state index in [0.29, 0.717) is 6.42 Å². The molecule has 2 saturated carbocycles. The van der Waals surface area contributed by atoms with Gasteiger partial charge in [-0.05, 0) is 25.7 Å². The highest BCUT2D eigenvalue weighted by Gasteiger charge is 2.45. The van der Waals surface area contributed by atoms with Gasteiger partial charge in [0.2, 0.25) is 0 Å². The molecule has 66 valence electrons. The summed E-state index contributed by atoms with van der Waals surface area (Å²) in [6.45, 7) is 0. The summed E-state index contributed by atoms with van der Waals surface area (Å²) in [6.07, 6.45) is 3.23. The van der Waals surface area contributed by atoms with Crippen LogP contribution in [0.25, 0.3) is 0 Å². The average molecular weight is 168 g/mol. The number of Topliss-reactive ketones (excluding diaryl/α,β-unsaturated/α-hetero) is 1. The molecule has 0 aromatic rings. The SMILES string of the molecule is O=C(O)C1CCC2CCC1C2=O. The fraction of sp³-hybridized carbons (Fsp3) is 0.778. The van der Waals surface area contributed by atoms with E-state index < -0.39 is 5.97 Å². The van der Waals surface area contributed by atoms with Gasteiger partial charge in [0.05, 0.1) is 5.92 Å². The summed E-state index contributed by atoms with van der Waals surface area (Å²) in [6, 6.07) is 0. The van der Waals surface area contributed by atoms with Crippen molar-refractivity contribution in [3.05, 3.63) is 0 Å². The first-order valence-electron chi connectivity index (χ1n) is 4.46. The lowest BCUT2D eigenvalue weighted by Crippen LogP contribution is -2.32. The number of carbonyl (C=O) groups excluding carboxylic acids is 1. The van der Waals surface area contributed by atoms with E-state index in [1.807, 2.05) is 0 Å². The maximum Gasteiger partial charge on any atom is 0.307 e. The molecule has 3 nitrogen and oxygen atoms in total. The van der Waals surface area contributed by atoms with E-state index in [1.165, 1.54) is 0 Å². The van der Waals surface area contributed by atoms with E-state index in [9.17, 15) is 9.59 Å². The second-order valence-corrected chi connectivity index (χ2v) is 3.81. The predicted molar refractivity (Wildman–Crippen MR) is 41.6 cm³/mol. The minimum Gasteiger partial charge on any atom is -0.481 e. The first-order valence-corrected chi connectivity index (χ1v) is 4.46. The summed E-state index contributed by atoms with van der Waals surface area (Å²) >= 11 is 0. The highest BCUT2D eigenvalue weighted by atomic mass is 16.4.